The maximum absolute atomic E-state index is 13.5. The summed E-state index contributed by atoms with van der Waals surface area (Å²) in [5, 5.41) is 0. The van der Waals surface area contributed by atoms with Crippen LogP contribution in [0.5, 0.6) is 0 Å². The van der Waals surface area contributed by atoms with Gasteiger partial charge in [0, 0.05) is 38.4 Å². The van der Waals surface area contributed by atoms with Gasteiger partial charge in [0.1, 0.15) is 23.1 Å². The van der Waals surface area contributed by atoms with Gasteiger partial charge in [0.2, 0.25) is 0 Å². The number of hydrogen-bond acceptors (Lipinski definition) is 4. The van der Waals surface area contributed by atoms with Crippen LogP contribution in [0.25, 0.3) is 5.65 Å². The number of anilines is 1. The number of aromatic nitrogens is 2. The number of benzene rings is 2. The van der Waals surface area contributed by atoms with Crippen molar-refractivity contribution in [2.24, 2.45) is 0 Å². The van der Waals surface area contributed by atoms with Crippen molar-refractivity contribution >= 4 is 11.5 Å². The lowest BCUT2D eigenvalue weighted by atomic mass is 9.96. The SMILES string of the molecule is O=c1cc(N2CCN(C(c3ccc(F)cc3)c3ccc(F)cc3)CC2)nc2ccccn12. The zero-order valence-corrected chi connectivity index (χ0v) is 17.4. The second-order valence-corrected chi connectivity index (χ2v) is 7.91. The third-order valence-corrected chi connectivity index (χ3v) is 5.93. The summed E-state index contributed by atoms with van der Waals surface area (Å²) in [5.74, 6) is 0.0937. The normalized spacial score (nSPS) is 14.9. The zero-order chi connectivity index (χ0) is 22.1. The van der Waals surface area contributed by atoms with E-state index >= 15 is 0 Å². The molecule has 0 bridgehead atoms. The Labute approximate surface area is 184 Å². The fourth-order valence-corrected chi connectivity index (χ4v) is 4.32. The van der Waals surface area contributed by atoms with Crippen LogP contribution in [-0.4, -0.2) is 40.5 Å². The fourth-order valence-electron chi connectivity index (χ4n) is 4.32. The number of pyridine rings is 1. The molecule has 1 aliphatic rings. The van der Waals surface area contributed by atoms with Crippen molar-refractivity contribution in [2.75, 3.05) is 31.1 Å². The van der Waals surface area contributed by atoms with E-state index in [-0.39, 0.29) is 23.2 Å². The zero-order valence-electron chi connectivity index (χ0n) is 17.4. The van der Waals surface area contributed by atoms with Crippen LogP contribution in [-0.2, 0) is 0 Å². The summed E-state index contributed by atoms with van der Waals surface area (Å²) in [7, 11) is 0. The predicted molar refractivity (Wildman–Crippen MR) is 120 cm³/mol. The third-order valence-electron chi connectivity index (χ3n) is 5.93. The maximum Gasteiger partial charge on any atom is 0.259 e. The quantitative estimate of drug-likeness (QED) is 0.491. The standard InChI is InChI=1S/C25H22F2N4O/c26-20-8-4-18(5-9-20)25(19-6-10-21(27)11-7-19)30-15-13-29(14-16-30)23-17-24(32)31-12-2-1-3-22(31)28-23/h1-12,17,25H,13-16H2. The van der Waals surface area contributed by atoms with Gasteiger partial charge < -0.3 is 4.90 Å². The monoisotopic (exact) mass is 432 g/mol. The second kappa shape index (κ2) is 8.51. The van der Waals surface area contributed by atoms with Gasteiger partial charge in [-0.15, -0.1) is 0 Å². The molecule has 2 aromatic carbocycles. The van der Waals surface area contributed by atoms with Gasteiger partial charge in [-0.1, -0.05) is 30.3 Å². The molecule has 0 N–H and O–H groups in total. The van der Waals surface area contributed by atoms with Crippen LogP contribution in [0.15, 0.2) is 83.8 Å². The van der Waals surface area contributed by atoms with Crippen molar-refractivity contribution in [3.8, 4) is 0 Å². The number of piperazine rings is 1. The van der Waals surface area contributed by atoms with E-state index in [4.69, 9.17) is 0 Å². The molecule has 5 rings (SSSR count). The van der Waals surface area contributed by atoms with Gasteiger partial charge in [-0.25, -0.2) is 13.8 Å². The summed E-state index contributed by atoms with van der Waals surface area (Å²) in [6.45, 7) is 2.81. The van der Waals surface area contributed by atoms with Crippen LogP contribution in [0.3, 0.4) is 0 Å². The first kappa shape index (κ1) is 20.3. The smallest absolute Gasteiger partial charge is 0.259 e. The average Bonchev–Trinajstić information content (AvgIpc) is 2.82. The molecule has 1 fully saturated rings. The summed E-state index contributed by atoms with van der Waals surface area (Å²) >= 11 is 0. The topological polar surface area (TPSA) is 40.9 Å². The van der Waals surface area contributed by atoms with Crippen molar-refractivity contribution < 1.29 is 8.78 Å². The number of fused-ring (bicyclic) bond motifs is 1. The molecule has 0 radical (unpaired) electrons. The highest BCUT2D eigenvalue weighted by Crippen LogP contribution is 2.30. The highest BCUT2D eigenvalue weighted by molar-refractivity contribution is 5.48. The summed E-state index contributed by atoms with van der Waals surface area (Å²) < 4.78 is 28.6. The molecular weight excluding hydrogens is 410 g/mol. The van der Waals surface area contributed by atoms with Gasteiger partial charge >= 0.3 is 0 Å². The fraction of sp³-hybridized carbons (Fsp3) is 0.200. The molecule has 162 valence electrons. The summed E-state index contributed by atoms with van der Waals surface area (Å²) in [6.07, 6.45) is 1.71. The molecule has 0 atom stereocenters. The van der Waals surface area contributed by atoms with E-state index in [0.29, 0.717) is 24.6 Å². The van der Waals surface area contributed by atoms with E-state index in [1.165, 1.54) is 28.7 Å². The minimum atomic E-state index is -0.287. The van der Waals surface area contributed by atoms with Crippen LogP contribution in [0, 0.1) is 11.6 Å². The van der Waals surface area contributed by atoms with Crippen molar-refractivity contribution in [1.29, 1.82) is 0 Å². The lowest BCUT2D eigenvalue weighted by Crippen LogP contribution is -2.48. The van der Waals surface area contributed by atoms with Crippen LogP contribution in [0.2, 0.25) is 0 Å². The lowest BCUT2D eigenvalue weighted by molar-refractivity contribution is 0.212. The first-order chi connectivity index (χ1) is 15.6. The van der Waals surface area contributed by atoms with Gasteiger partial charge in [-0.05, 0) is 47.5 Å². The molecule has 7 heteroatoms. The Kier molecular flexibility index (Phi) is 5.41. The number of hydrogen-bond donors (Lipinski definition) is 0. The summed E-state index contributed by atoms with van der Waals surface area (Å²) in [6, 6.07) is 19.9. The highest BCUT2D eigenvalue weighted by Gasteiger charge is 2.27. The van der Waals surface area contributed by atoms with Gasteiger partial charge in [-0.3, -0.25) is 14.1 Å². The molecule has 0 amide bonds. The Hall–Kier alpha value is -3.58. The Morgan fingerprint density at radius 1 is 0.781 bits per heavy atom. The molecule has 32 heavy (non-hydrogen) atoms. The van der Waals surface area contributed by atoms with Crippen molar-refractivity contribution in [3.63, 3.8) is 0 Å². The lowest BCUT2D eigenvalue weighted by Gasteiger charge is -2.40. The van der Waals surface area contributed by atoms with Crippen molar-refractivity contribution in [2.45, 2.75) is 6.04 Å². The first-order valence-corrected chi connectivity index (χ1v) is 10.6. The molecule has 0 spiro atoms. The maximum atomic E-state index is 13.5. The first-order valence-electron chi connectivity index (χ1n) is 10.6. The summed E-state index contributed by atoms with van der Waals surface area (Å²) in [5.41, 5.74) is 2.42. The Morgan fingerprint density at radius 2 is 1.38 bits per heavy atom. The Balaban J connectivity index is 1.40. The van der Waals surface area contributed by atoms with E-state index in [2.05, 4.69) is 14.8 Å². The van der Waals surface area contributed by atoms with Gasteiger partial charge in [0.05, 0.1) is 6.04 Å². The molecule has 0 unspecified atom stereocenters. The largest absolute Gasteiger partial charge is 0.354 e. The van der Waals surface area contributed by atoms with E-state index in [9.17, 15) is 13.6 Å². The molecule has 1 saturated heterocycles. The van der Waals surface area contributed by atoms with Gasteiger partial charge in [0.25, 0.3) is 5.56 Å². The molecule has 1 aliphatic heterocycles. The highest BCUT2D eigenvalue weighted by atomic mass is 19.1. The molecule has 2 aromatic heterocycles. The molecule has 3 heterocycles. The van der Waals surface area contributed by atoms with E-state index in [0.717, 1.165) is 24.2 Å². The molecule has 0 saturated carbocycles. The Bertz CT molecular complexity index is 1230. The second-order valence-electron chi connectivity index (χ2n) is 7.91. The number of halogens is 2. The number of nitrogens with zero attached hydrogens (tertiary/aromatic N) is 4. The van der Waals surface area contributed by atoms with Gasteiger partial charge in [-0.2, -0.15) is 0 Å². The number of rotatable bonds is 4. The van der Waals surface area contributed by atoms with E-state index < -0.39 is 0 Å². The third kappa shape index (κ3) is 3.99. The molecule has 0 aliphatic carbocycles. The van der Waals surface area contributed by atoms with E-state index in [1.54, 1.807) is 42.6 Å². The van der Waals surface area contributed by atoms with Crippen molar-refractivity contribution in [1.82, 2.24) is 14.3 Å². The minimum Gasteiger partial charge on any atom is -0.354 e. The molecular formula is C25H22F2N4O. The molecule has 4 aromatic rings. The van der Waals surface area contributed by atoms with Crippen LogP contribution >= 0.6 is 0 Å². The predicted octanol–water partition coefficient (Wildman–Crippen LogP) is 3.88. The van der Waals surface area contributed by atoms with Crippen molar-refractivity contribution in [3.05, 3.63) is 112 Å². The van der Waals surface area contributed by atoms with Crippen LogP contribution in [0.4, 0.5) is 14.6 Å². The Morgan fingerprint density at radius 3 is 1.97 bits per heavy atom. The van der Waals surface area contributed by atoms with Crippen LogP contribution < -0.4 is 10.5 Å². The average molecular weight is 432 g/mol. The van der Waals surface area contributed by atoms with Crippen LogP contribution in [0.1, 0.15) is 17.2 Å². The minimum absolute atomic E-state index is 0.108. The summed E-state index contributed by atoms with van der Waals surface area (Å²) in [4.78, 5) is 21.5. The van der Waals surface area contributed by atoms with Gasteiger partial charge in [0.15, 0.2) is 0 Å². The van der Waals surface area contributed by atoms with E-state index in [1.807, 2.05) is 12.1 Å². The molecule has 5 nitrogen and oxygen atoms in total.